The summed E-state index contributed by atoms with van der Waals surface area (Å²) in [7, 11) is 2.16. The van der Waals surface area contributed by atoms with Crippen molar-refractivity contribution in [3.05, 3.63) is 52.5 Å². The maximum absolute atomic E-state index is 12.5. The van der Waals surface area contributed by atoms with Crippen LogP contribution in [0.1, 0.15) is 28.2 Å². The zero-order valence-electron chi connectivity index (χ0n) is 14.2. The summed E-state index contributed by atoms with van der Waals surface area (Å²) in [4.78, 5) is 22.6. The minimum atomic E-state index is -0.0411. The molecular weight excluding hydrogens is 320 g/mol. The van der Waals surface area contributed by atoms with Crippen LogP contribution >= 0.6 is 11.3 Å². The van der Waals surface area contributed by atoms with Crippen molar-refractivity contribution in [2.24, 2.45) is 0 Å². The predicted molar refractivity (Wildman–Crippen MR) is 97.3 cm³/mol. The molecule has 1 amide bonds. The summed E-state index contributed by atoms with van der Waals surface area (Å²) in [6.45, 7) is 6.27. The number of amides is 1. The number of carbonyl (C=O) groups is 1. The third kappa shape index (κ3) is 4.01. The number of nitrogens with one attached hydrogen (secondary N) is 1. The van der Waals surface area contributed by atoms with E-state index in [9.17, 15) is 4.79 Å². The Morgan fingerprint density at radius 1 is 1.21 bits per heavy atom. The van der Waals surface area contributed by atoms with Gasteiger partial charge in [-0.2, -0.15) is 0 Å². The van der Waals surface area contributed by atoms with E-state index in [-0.39, 0.29) is 18.0 Å². The molecule has 6 heteroatoms. The largest absolute Gasteiger partial charge is 0.348 e. The van der Waals surface area contributed by atoms with Gasteiger partial charge >= 0.3 is 0 Å². The van der Waals surface area contributed by atoms with E-state index in [1.165, 1.54) is 4.88 Å². The fourth-order valence-corrected chi connectivity index (χ4v) is 4.14. The number of aromatic nitrogens is 1. The van der Waals surface area contributed by atoms with Crippen molar-refractivity contribution in [1.29, 1.82) is 0 Å². The smallest absolute Gasteiger partial charge is 0.251 e. The molecule has 0 unspecified atom stereocenters. The number of rotatable bonds is 5. The summed E-state index contributed by atoms with van der Waals surface area (Å²) in [6.07, 6.45) is 3.30. The molecule has 2 aromatic rings. The van der Waals surface area contributed by atoms with Crippen LogP contribution in [0.15, 0.2) is 42.0 Å². The third-order valence-electron chi connectivity index (χ3n) is 4.54. The summed E-state index contributed by atoms with van der Waals surface area (Å²) in [5.41, 5.74) is 0.653. The van der Waals surface area contributed by atoms with Gasteiger partial charge in [0, 0.05) is 55.1 Å². The van der Waals surface area contributed by atoms with Gasteiger partial charge in [0.15, 0.2) is 0 Å². The van der Waals surface area contributed by atoms with Crippen molar-refractivity contribution in [2.75, 3.05) is 33.2 Å². The monoisotopic (exact) mass is 344 g/mol. The summed E-state index contributed by atoms with van der Waals surface area (Å²) in [6, 6.07) is 8.00. The van der Waals surface area contributed by atoms with Gasteiger partial charge in [0.2, 0.25) is 0 Å². The van der Waals surface area contributed by atoms with Gasteiger partial charge in [0.1, 0.15) is 0 Å². The van der Waals surface area contributed by atoms with Crippen molar-refractivity contribution in [1.82, 2.24) is 20.1 Å². The van der Waals surface area contributed by atoms with E-state index in [1.54, 1.807) is 35.9 Å². The van der Waals surface area contributed by atoms with Crippen LogP contribution in [-0.4, -0.2) is 60.0 Å². The number of pyridine rings is 1. The van der Waals surface area contributed by atoms with Gasteiger partial charge in [0.05, 0.1) is 6.04 Å². The molecule has 0 radical (unpaired) electrons. The fraction of sp³-hybridized carbons (Fsp3) is 0.444. The third-order valence-corrected chi connectivity index (χ3v) is 5.48. The molecule has 1 aliphatic rings. The Balaban J connectivity index is 1.74. The van der Waals surface area contributed by atoms with Crippen LogP contribution in [0.5, 0.6) is 0 Å². The van der Waals surface area contributed by atoms with Crippen LogP contribution in [0.4, 0.5) is 0 Å². The Labute approximate surface area is 147 Å². The molecule has 2 atom stereocenters. The van der Waals surface area contributed by atoms with Crippen molar-refractivity contribution >= 4 is 17.2 Å². The van der Waals surface area contributed by atoms with E-state index in [1.807, 2.05) is 0 Å². The molecule has 0 spiro atoms. The van der Waals surface area contributed by atoms with Gasteiger partial charge in [-0.05, 0) is 37.6 Å². The van der Waals surface area contributed by atoms with Gasteiger partial charge in [-0.1, -0.05) is 6.07 Å². The molecule has 3 heterocycles. The number of thiophene rings is 1. The predicted octanol–water partition coefficient (Wildman–Crippen LogP) is 2.25. The van der Waals surface area contributed by atoms with Gasteiger partial charge in [-0.15, -0.1) is 11.3 Å². The first-order valence-electron chi connectivity index (χ1n) is 8.32. The van der Waals surface area contributed by atoms with Crippen molar-refractivity contribution in [3.63, 3.8) is 0 Å². The molecule has 1 N–H and O–H groups in total. The number of nitrogens with zero attached hydrogens (tertiary/aromatic N) is 3. The van der Waals surface area contributed by atoms with Gasteiger partial charge in [-0.25, -0.2) is 0 Å². The second kappa shape index (κ2) is 7.88. The van der Waals surface area contributed by atoms with E-state index in [2.05, 4.69) is 51.6 Å². The zero-order valence-corrected chi connectivity index (χ0v) is 15.0. The SMILES string of the molecule is C[C@@H](NC(=O)c1ccncc1)[C@H](c1cccs1)N1CCN(C)CC1. The maximum Gasteiger partial charge on any atom is 0.251 e. The second-order valence-electron chi connectivity index (χ2n) is 6.30. The molecule has 0 bridgehead atoms. The molecule has 0 aliphatic carbocycles. The average Bonchev–Trinajstić information content (AvgIpc) is 3.11. The second-order valence-corrected chi connectivity index (χ2v) is 7.28. The number of hydrogen-bond donors (Lipinski definition) is 1. The molecule has 3 rings (SSSR count). The van der Waals surface area contributed by atoms with Crippen LogP contribution in [0.3, 0.4) is 0 Å². The lowest BCUT2D eigenvalue weighted by Gasteiger charge is -2.40. The number of likely N-dealkylation sites (N-methyl/N-ethyl adjacent to an activating group) is 1. The first kappa shape index (κ1) is 17.1. The van der Waals surface area contributed by atoms with Gasteiger partial charge in [-0.3, -0.25) is 14.7 Å². The average molecular weight is 344 g/mol. The van der Waals surface area contributed by atoms with Gasteiger partial charge in [0.25, 0.3) is 5.91 Å². The number of carbonyl (C=O) groups excluding carboxylic acids is 1. The van der Waals surface area contributed by atoms with Crippen LogP contribution < -0.4 is 5.32 Å². The molecule has 24 heavy (non-hydrogen) atoms. The summed E-state index contributed by atoms with van der Waals surface area (Å²) >= 11 is 1.76. The molecule has 128 valence electrons. The van der Waals surface area contributed by atoms with E-state index in [0.717, 1.165) is 26.2 Å². The summed E-state index contributed by atoms with van der Waals surface area (Å²) in [5, 5.41) is 5.28. The number of hydrogen-bond acceptors (Lipinski definition) is 5. The van der Waals surface area contributed by atoms with Crippen LogP contribution in [0.25, 0.3) is 0 Å². The molecule has 5 nitrogen and oxygen atoms in total. The highest BCUT2D eigenvalue weighted by atomic mass is 32.1. The lowest BCUT2D eigenvalue weighted by atomic mass is 10.0. The highest BCUT2D eigenvalue weighted by Gasteiger charge is 2.30. The maximum atomic E-state index is 12.5. The first-order valence-corrected chi connectivity index (χ1v) is 9.20. The van der Waals surface area contributed by atoms with Crippen LogP contribution in [-0.2, 0) is 0 Å². The molecular formula is C18H24N4OS. The Kier molecular flexibility index (Phi) is 5.60. The molecule has 0 saturated carbocycles. The highest BCUT2D eigenvalue weighted by Crippen LogP contribution is 2.29. The highest BCUT2D eigenvalue weighted by molar-refractivity contribution is 7.10. The molecule has 0 aromatic carbocycles. The van der Waals surface area contributed by atoms with Crippen molar-refractivity contribution in [3.8, 4) is 0 Å². The molecule has 1 saturated heterocycles. The quantitative estimate of drug-likeness (QED) is 0.904. The summed E-state index contributed by atoms with van der Waals surface area (Å²) in [5.74, 6) is -0.0411. The topological polar surface area (TPSA) is 48.5 Å². The summed E-state index contributed by atoms with van der Waals surface area (Å²) < 4.78 is 0. The lowest BCUT2D eigenvalue weighted by molar-refractivity contribution is 0.0799. The van der Waals surface area contributed by atoms with E-state index < -0.39 is 0 Å². The number of piperazine rings is 1. The molecule has 1 aliphatic heterocycles. The Hall–Kier alpha value is -1.76. The Morgan fingerprint density at radius 3 is 2.54 bits per heavy atom. The standard InChI is InChI=1S/C18H24N4OS/c1-14(20-18(23)15-5-7-19-8-6-15)17(16-4-3-13-24-16)22-11-9-21(2)10-12-22/h3-8,13-14,17H,9-12H2,1-2H3,(H,20,23)/t14-,17-/m1/s1. The fourth-order valence-electron chi connectivity index (χ4n) is 3.17. The minimum absolute atomic E-state index is 0.0349. The first-order chi connectivity index (χ1) is 11.6. The van der Waals surface area contributed by atoms with E-state index in [0.29, 0.717) is 5.56 Å². The molecule has 1 fully saturated rings. The Bertz CT molecular complexity index is 638. The van der Waals surface area contributed by atoms with Crippen LogP contribution in [0.2, 0.25) is 0 Å². The van der Waals surface area contributed by atoms with Crippen molar-refractivity contribution < 1.29 is 4.79 Å². The normalized spacial score (nSPS) is 18.9. The van der Waals surface area contributed by atoms with Crippen LogP contribution in [0, 0.1) is 0 Å². The van der Waals surface area contributed by atoms with E-state index in [4.69, 9.17) is 0 Å². The van der Waals surface area contributed by atoms with E-state index >= 15 is 0 Å². The van der Waals surface area contributed by atoms with Gasteiger partial charge < -0.3 is 10.2 Å². The lowest BCUT2D eigenvalue weighted by Crippen LogP contribution is -2.51. The Morgan fingerprint density at radius 2 is 1.92 bits per heavy atom. The molecule has 2 aromatic heterocycles. The zero-order chi connectivity index (χ0) is 16.9. The minimum Gasteiger partial charge on any atom is -0.348 e. The van der Waals surface area contributed by atoms with Crippen molar-refractivity contribution in [2.45, 2.75) is 19.0 Å².